The van der Waals surface area contributed by atoms with Crippen molar-refractivity contribution in [3.05, 3.63) is 65.1 Å². The van der Waals surface area contributed by atoms with Crippen molar-refractivity contribution >= 4 is 11.6 Å². The quantitative estimate of drug-likeness (QED) is 0.652. The van der Waals surface area contributed by atoms with Gasteiger partial charge >= 0.3 is 6.29 Å². The predicted octanol–water partition coefficient (Wildman–Crippen LogP) is 5.45. The Balaban J connectivity index is 1.57. The first kappa shape index (κ1) is 18.0. The molecule has 1 aromatic heterocycles. The van der Waals surface area contributed by atoms with E-state index in [1.807, 2.05) is 0 Å². The lowest BCUT2D eigenvalue weighted by atomic mass is 9.99. The van der Waals surface area contributed by atoms with Gasteiger partial charge in [-0.1, -0.05) is 12.1 Å². The van der Waals surface area contributed by atoms with Crippen LogP contribution in [0.25, 0.3) is 11.1 Å². The van der Waals surface area contributed by atoms with Gasteiger partial charge in [0.15, 0.2) is 11.5 Å². The van der Waals surface area contributed by atoms with Gasteiger partial charge in [-0.15, -0.1) is 8.78 Å². The van der Waals surface area contributed by atoms with E-state index in [1.165, 1.54) is 12.1 Å². The number of carbonyl (C=O) groups is 1. The van der Waals surface area contributed by atoms with Crippen LogP contribution in [0.4, 0.5) is 14.5 Å². The molecule has 3 aromatic rings. The average molecular weight is 385 g/mol. The standard InChI is InChI=1S/C21H17F2NO4/c1-11-8-17-18(28-21(22,23)27-17)9-16(11)14-4-6-15(7-5-14)24-20(25)19-12(2)10-26-13(19)3/h4-10H,1-3H3,(H,24,25). The fourth-order valence-electron chi connectivity index (χ4n) is 3.25. The molecule has 4 rings (SSSR count). The van der Waals surface area contributed by atoms with Gasteiger partial charge in [0.25, 0.3) is 5.91 Å². The van der Waals surface area contributed by atoms with Gasteiger partial charge in [0.1, 0.15) is 5.76 Å². The smallest absolute Gasteiger partial charge is 0.469 e. The molecule has 1 N–H and O–H groups in total. The van der Waals surface area contributed by atoms with Crippen LogP contribution in [0.5, 0.6) is 11.5 Å². The van der Waals surface area contributed by atoms with Gasteiger partial charge in [-0.25, -0.2) is 0 Å². The fourth-order valence-corrected chi connectivity index (χ4v) is 3.25. The molecular formula is C21H17F2NO4. The van der Waals surface area contributed by atoms with Gasteiger partial charge in [-0.2, -0.15) is 0 Å². The minimum Gasteiger partial charge on any atom is -0.469 e. The molecular weight excluding hydrogens is 368 g/mol. The third kappa shape index (κ3) is 3.19. The van der Waals surface area contributed by atoms with E-state index < -0.39 is 6.29 Å². The van der Waals surface area contributed by atoms with E-state index in [2.05, 4.69) is 14.8 Å². The SMILES string of the molecule is Cc1cc2c(cc1-c1ccc(NC(=O)c3c(C)coc3C)cc1)OC(F)(F)O2. The van der Waals surface area contributed by atoms with Crippen LogP contribution in [0.2, 0.25) is 0 Å². The zero-order chi connectivity index (χ0) is 20.1. The van der Waals surface area contributed by atoms with E-state index >= 15 is 0 Å². The molecule has 0 aliphatic carbocycles. The average Bonchev–Trinajstić information content (AvgIpc) is 3.11. The lowest BCUT2D eigenvalue weighted by Gasteiger charge is -2.10. The molecule has 1 aliphatic rings. The molecule has 2 heterocycles. The van der Waals surface area contributed by atoms with E-state index in [9.17, 15) is 13.6 Å². The minimum atomic E-state index is -3.65. The second-order valence-electron chi connectivity index (χ2n) is 6.66. The first-order valence-electron chi connectivity index (χ1n) is 8.60. The number of halogens is 2. The molecule has 5 nitrogen and oxygen atoms in total. The van der Waals surface area contributed by atoms with E-state index in [-0.39, 0.29) is 17.4 Å². The van der Waals surface area contributed by atoms with Crippen LogP contribution in [0.3, 0.4) is 0 Å². The lowest BCUT2D eigenvalue weighted by Crippen LogP contribution is -2.25. The molecule has 28 heavy (non-hydrogen) atoms. The maximum Gasteiger partial charge on any atom is 0.586 e. The van der Waals surface area contributed by atoms with Crippen molar-refractivity contribution < 1.29 is 27.5 Å². The molecule has 7 heteroatoms. The van der Waals surface area contributed by atoms with Crippen LogP contribution in [0.1, 0.15) is 27.2 Å². The molecule has 144 valence electrons. The summed E-state index contributed by atoms with van der Waals surface area (Å²) >= 11 is 0. The minimum absolute atomic E-state index is 0.00566. The summed E-state index contributed by atoms with van der Waals surface area (Å²) < 4.78 is 40.8. The van der Waals surface area contributed by atoms with E-state index in [0.717, 1.165) is 22.3 Å². The maximum atomic E-state index is 13.3. The van der Waals surface area contributed by atoms with Gasteiger partial charge in [0.2, 0.25) is 0 Å². The summed E-state index contributed by atoms with van der Waals surface area (Å²) in [6, 6.07) is 10.1. The number of benzene rings is 2. The van der Waals surface area contributed by atoms with Gasteiger partial charge < -0.3 is 19.2 Å². The number of fused-ring (bicyclic) bond motifs is 1. The molecule has 1 amide bonds. The molecule has 0 unspecified atom stereocenters. The third-order valence-corrected chi connectivity index (χ3v) is 4.59. The highest BCUT2D eigenvalue weighted by Gasteiger charge is 2.43. The highest BCUT2D eigenvalue weighted by Crippen LogP contribution is 2.44. The van der Waals surface area contributed by atoms with E-state index in [4.69, 9.17) is 4.42 Å². The number of amides is 1. The summed E-state index contributed by atoms with van der Waals surface area (Å²) in [5.74, 6) is 0.312. The normalized spacial score (nSPS) is 14.2. The zero-order valence-electron chi connectivity index (χ0n) is 15.4. The molecule has 0 spiro atoms. The first-order chi connectivity index (χ1) is 13.2. The summed E-state index contributed by atoms with van der Waals surface area (Å²) in [5.41, 5.74) is 4.18. The van der Waals surface area contributed by atoms with Crippen molar-refractivity contribution in [2.45, 2.75) is 27.1 Å². The van der Waals surface area contributed by atoms with Crippen molar-refractivity contribution in [1.82, 2.24) is 0 Å². The largest absolute Gasteiger partial charge is 0.586 e. The van der Waals surface area contributed by atoms with Gasteiger partial charge in [0.05, 0.1) is 11.8 Å². The van der Waals surface area contributed by atoms with Gasteiger partial charge in [-0.3, -0.25) is 4.79 Å². The Kier molecular flexibility index (Phi) is 4.10. The number of alkyl halides is 2. The number of aryl methyl sites for hydroxylation is 3. The summed E-state index contributed by atoms with van der Waals surface area (Å²) in [6.45, 7) is 5.34. The highest BCUT2D eigenvalue weighted by atomic mass is 19.3. The lowest BCUT2D eigenvalue weighted by molar-refractivity contribution is -0.286. The summed E-state index contributed by atoms with van der Waals surface area (Å²) in [5, 5.41) is 2.83. The zero-order valence-corrected chi connectivity index (χ0v) is 15.4. The van der Waals surface area contributed by atoms with Crippen molar-refractivity contribution in [2.24, 2.45) is 0 Å². The Bertz CT molecular complexity index is 1050. The van der Waals surface area contributed by atoms with Crippen molar-refractivity contribution in [1.29, 1.82) is 0 Å². The number of nitrogens with one attached hydrogen (secondary N) is 1. The number of carbonyl (C=O) groups excluding carboxylic acids is 1. The Hall–Kier alpha value is -3.35. The molecule has 1 aliphatic heterocycles. The fraction of sp³-hybridized carbons (Fsp3) is 0.190. The predicted molar refractivity (Wildman–Crippen MR) is 99.0 cm³/mol. The Labute approximate surface area is 159 Å². The maximum absolute atomic E-state index is 13.3. The van der Waals surface area contributed by atoms with Crippen LogP contribution in [-0.4, -0.2) is 12.2 Å². The molecule has 0 fully saturated rings. The monoisotopic (exact) mass is 385 g/mol. The summed E-state index contributed by atoms with van der Waals surface area (Å²) in [6.07, 6.45) is -2.11. The Morgan fingerprint density at radius 2 is 1.61 bits per heavy atom. The van der Waals surface area contributed by atoms with Crippen LogP contribution >= 0.6 is 0 Å². The first-order valence-corrected chi connectivity index (χ1v) is 8.60. The topological polar surface area (TPSA) is 60.7 Å². The Morgan fingerprint density at radius 3 is 2.21 bits per heavy atom. The highest BCUT2D eigenvalue weighted by molar-refractivity contribution is 6.06. The van der Waals surface area contributed by atoms with Crippen LogP contribution in [-0.2, 0) is 0 Å². The number of hydrogen-bond donors (Lipinski definition) is 1. The van der Waals surface area contributed by atoms with Crippen LogP contribution in [0, 0.1) is 20.8 Å². The molecule has 0 bridgehead atoms. The van der Waals surface area contributed by atoms with Crippen LogP contribution < -0.4 is 14.8 Å². The number of rotatable bonds is 3. The van der Waals surface area contributed by atoms with Crippen molar-refractivity contribution in [3.8, 4) is 22.6 Å². The van der Waals surface area contributed by atoms with Gasteiger partial charge in [-0.05, 0) is 61.7 Å². The molecule has 0 saturated carbocycles. The summed E-state index contributed by atoms with van der Waals surface area (Å²) in [4.78, 5) is 12.4. The number of furan rings is 1. The van der Waals surface area contributed by atoms with Gasteiger partial charge in [0, 0.05) is 11.3 Å². The Morgan fingerprint density at radius 1 is 0.964 bits per heavy atom. The summed E-state index contributed by atoms with van der Waals surface area (Å²) in [7, 11) is 0. The number of anilines is 1. The molecule has 2 aromatic carbocycles. The second-order valence-corrected chi connectivity index (χ2v) is 6.66. The van der Waals surface area contributed by atoms with Crippen molar-refractivity contribution in [2.75, 3.05) is 5.32 Å². The van der Waals surface area contributed by atoms with Crippen LogP contribution in [0.15, 0.2) is 47.1 Å². The second kappa shape index (κ2) is 6.37. The van der Waals surface area contributed by atoms with E-state index in [0.29, 0.717) is 17.0 Å². The molecule has 0 atom stereocenters. The van der Waals surface area contributed by atoms with Crippen molar-refractivity contribution in [3.63, 3.8) is 0 Å². The number of hydrogen-bond acceptors (Lipinski definition) is 4. The van der Waals surface area contributed by atoms with E-state index in [1.54, 1.807) is 51.3 Å². The number of ether oxygens (including phenoxy) is 2. The molecule has 0 saturated heterocycles. The molecule has 0 radical (unpaired) electrons. The third-order valence-electron chi connectivity index (χ3n) is 4.59.